The number of carbonyl (C=O) groups excluding carboxylic acids is 1. The summed E-state index contributed by atoms with van der Waals surface area (Å²) in [4.78, 5) is 12.9. The third-order valence-corrected chi connectivity index (χ3v) is 6.51. The zero-order valence-electron chi connectivity index (χ0n) is 19.6. The van der Waals surface area contributed by atoms with Crippen LogP contribution in [0.15, 0.2) is 42.5 Å². The number of benzene rings is 4. The number of anilines is 1. The van der Waals surface area contributed by atoms with Gasteiger partial charge in [0, 0.05) is 17.7 Å². The molecule has 1 aliphatic heterocycles. The minimum absolute atomic E-state index is 0.0698. The second-order valence-corrected chi connectivity index (χ2v) is 8.27. The maximum absolute atomic E-state index is 14.2. The number of halogens is 2. The van der Waals surface area contributed by atoms with Gasteiger partial charge in [-0.05, 0) is 63.7 Å². The Kier molecular flexibility index (Phi) is 5.59. The van der Waals surface area contributed by atoms with E-state index < -0.39 is 17.6 Å². The summed E-state index contributed by atoms with van der Waals surface area (Å²) in [5.41, 5.74) is 1.84. The first-order valence-electron chi connectivity index (χ1n) is 10.9. The Morgan fingerprint density at radius 2 is 1.23 bits per heavy atom. The van der Waals surface area contributed by atoms with E-state index in [0.717, 1.165) is 39.2 Å². The quantitative estimate of drug-likeness (QED) is 0.368. The highest BCUT2D eigenvalue weighted by Crippen LogP contribution is 2.50. The summed E-state index contributed by atoms with van der Waals surface area (Å²) >= 11 is 0. The van der Waals surface area contributed by atoms with E-state index in [1.54, 1.807) is 27.4 Å². The lowest BCUT2D eigenvalue weighted by Gasteiger charge is -2.30. The molecule has 4 aromatic carbocycles. The fourth-order valence-corrected chi connectivity index (χ4v) is 4.90. The van der Waals surface area contributed by atoms with Crippen molar-refractivity contribution in [2.75, 3.05) is 33.8 Å². The highest BCUT2D eigenvalue weighted by atomic mass is 19.2. The van der Waals surface area contributed by atoms with E-state index in [1.807, 2.05) is 18.2 Å². The maximum atomic E-state index is 14.2. The number of fused-ring (bicyclic) bond motifs is 6. The molecule has 1 heterocycles. The molecule has 1 amide bonds. The van der Waals surface area contributed by atoms with Gasteiger partial charge in [-0.1, -0.05) is 6.07 Å². The monoisotopic (exact) mass is 479 g/mol. The Balaban J connectivity index is 1.95. The van der Waals surface area contributed by atoms with Crippen molar-refractivity contribution in [1.82, 2.24) is 0 Å². The van der Waals surface area contributed by atoms with Crippen molar-refractivity contribution >= 4 is 33.1 Å². The van der Waals surface area contributed by atoms with Crippen LogP contribution in [0.25, 0.3) is 21.5 Å². The first kappa shape index (κ1) is 22.7. The van der Waals surface area contributed by atoms with Crippen LogP contribution in [0.3, 0.4) is 0 Å². The molecule has 35 heavy (non-hydrogen) atoms. The molecule has 6 nitrogen and oxygen atoms in total. The van der Waals surface area contributed by atoms with Crippen molar-refractivity contribution in [3.05, 3.63) is 65.2 Å². The van der Waals surface area contributed by atoms with Crippen LogP contribution in [0.4, 0.5) is 14.5 Å². The molecule has 4 aromatic rings. The molecule has 0 saturated carbocycles. The predicted octanol–water partition coefficient (Wildman–Crippen LogP) is 5.78. The average Bonchev–Trinajstić information content (AvgIpc) is 2.88. The van der Waals surface area contributed by atoms with Crippen LogP contribution in [0, 0.1) is 11.6 Å². The highest BCUT2D eigenvalue weighted by Gasteiger charge is 2.32. The summed E-state index contributed by atoms with van der Waals surface area (Å²) in [6.07, 6.45) is 0.0698. The van der Waals surface area contributed by atoms with E-state index in [2.05, 4.69) is 5.32 Å². The van der Waals surface area contributed by atoms with Gasteiger partial charge in [0.2, 0.25) is 5.91 Å². The Hall–Kier alpha value is -4.07. The molecule has 1 N–H and O–H groups in total. The Morgan fingerprint density at radius 1 is 0.714 bits per heavy atom. The number of methoxy groups -OCH3 is 4. The van der Waals surface area contributed by atoms with Crippen molar-refractivity contribution in [3.8, 4) is 23.0 Å². The first-order valence-corrected chi connectivity index (χ1v) is 10.9. The van der Waals surface area contributed by atoms with Crippen LogP contribution in [0.1, 0.15) is 23.5 Å². The third-order valence-electron chi connectivity index (χ3n) is 6.51. The summed E-state index contributed by atoms with van der Waals surface area (Å²) in [5.74, 6) is -0.619. The minimum Gasteiger partial charge on any atom is -0.493 e. The predicted molar refractivity (Wildman–Crippen MR) is 129 cm³/mol. The molecule has 0 fully saturated rings. The molecule has 0 aromatic heterocycles. The molecule has 0 spiro atoms. The third kappa shape index (κ3) is 3.56. The van der Waals surface area contributed by atoms with Crippen molar-refractivity contribution in [1.29, 1.82) is 0 Å². The van der Waals surface area contributed by atoms with Crippen LogP contribution in [0.5, 0.6) is 23.0 Å². The fraction of sp³-hybridized carbons (Fsp3) is 0.222. The Labute approximate surface area is 200 Å². The minimum atomic E-state index is -0.967. The second-order valence-electron chi connectivity index (χ2n) is 8.27. The van der Waals surface area contributed by atoms with Crippen LogP contribution in [-0.2, 0) is 4.79 Å². The smallest absolute Gasteiger partial charge is 0.225 e. The Bertz CT molecular complexity index is 1500. The van der Waals surface area contributed by atoms with Gasteiger partial charge in [-0.25, -0.2) is 8.78 Å². The van der Waals surface area contributed by atoms with Gasteiger partial charge in [0.1, 0.15) is 0 Å². The number of amides is 1. The van der Waals surface area contributed by atoms with E-state index in [9.17, 15) is 13.6 Å². The number of carbonyl (C=O) groups is 1. The number of hydrogen-bond acceptors (Lipinski definition) is 5. The molecule has 0 bridgehead atoms. The van der Waals surface area contributed by atoms with Crippen molar-refractivity contribution < 1.29 is 32.5 Å². The van der Waals surface area contributed by atoms with Gasteiger partial charge in [0.05, 0.1) is 34.1 Å². The molecule has 180 valence electrons. The number of ether oxygens (including phenoxy) is 4. The van der Waals surface area contributed by atoms with Crippen molar-refractivity contribution in [3.63, 3.8) is 0 Å². The van der Waals surface area contributed by atoms with Crippen molar-refractivity contribution in [2.24, 2.45) is 0 Å². The largest absolute Gasteiger partial charge is 0.493 e. The topological polar surface area (TPSA) is 66.0 Å². The van der Waals surface area contributed by atoms with Gasteiger partial charge < -0.3 is 24.3 Å². The van der Waals surface area contributed by atoms with Crippen molar-refractivity contribution in [2.45, 2.75) is 12.3 Å². The van der Waals surface area contributed by atoms with Gasteiger partial charge in [-0.3, -0.25) is 4.79 Å². The SMILES string of the molecule is COc1cc2c3c(c4cc(OC)c(OC)cc4c2cc1OC)C(c1ccc(F)c(F)c1)CC(=O)N3. The van der Waals surface area contributed by atoms with Crippen LogP contribution >= 0.6 is 0 Å². The van der Waals surface area contributed by atoms with Gasteiger partial charge in [0.25, 0.3) is 0 Å². The molecule has 0 radical (unpaired) electrons. The zero-order valence-corrected chi connectivity index (χ0v) is 19.6. The molecule has 1 aliphatic rings. The number of nitrogens with one attached hydrogen (secondary N) is 1. The number of rotatable bonds is 5. The standard InChI is InChI=1S/C27H23F2NO5/c1-32-21-8-15-16-9-22(33-2)24(35-4)11-18(16)27-26(17(15)10-23(21)34-3)14(12-25(31)30-27)13-5-6-19(28)20(29)7-13/h5-11,14H,12H2,1-4H3,(H,30,31). The van der Waals surface area contributed by atoms with Gasteiger partial charge >= 0.3 is 0 Å². The molecular formula is C27H23F2NO5. The lowest BCUT2D eigenvalue weighted by molar-refractivity contribution is -0.116. The summed E-state index contributed by atoms with van der Waals surface area (Å²) < 4.78 is 50.1. The molecule has 1 atom stereocenters. The Morgan fingerprint density at radius 3 is 1.77 bits per heavy atom. The summed E-state index contributed by atoms with van der Waals surface area (Å²) in [6, 6.07) is 11.1. The summed E-state index contributed by atoms with van der Waals surface area (Å²) in [7, 11) is 6.18. The normalized spacial score (nSPS) is 15.0. The first-order chi connectivity index (χ1) is 16.9. The van der Waals surface area contributed by atoms with Gasteiger partial charge in [-0.15, -0.1) is 0 Å². The molecular weight excluding hydrogens is 456 g/mol. The molecule has 0 saturated heterocycles. The lowest BCUT2D eigenvalue weighted by atomic mass is 9.80. The molecule has 5 rings (SSSR count). The molecule has 1 unspecified atom stereocenters. The van der Waals surface area contributed by atoms with Crippen LogP contribution in [-0.4, -0.2) is 34.3 Å². The van der Waals surface area contributed by atoms with Gasteiger partial charge in [-0.2, -0.15) is 0 Å². The highest BCUT2D eigenvalue weighted by molar-refractivity contribution is 6.20. The molecule has 8 heteroatoms. The summed E-state index contributed by atoms with van der Waals surface area (Å²) in [5, 5.41) is 6.12. The average molecular weight is 479 g/mol. The summed E-state index contributed by atoms with van der Waals surface area (Å²) in [6.45, 7) is 0. The molecule has 0 aliphatic carbocycles. The lowest BCUT2D eigenvalue weighted by Crippen LogP contribution is -2.24. The van der Waals surface area contributed by atoms with E-state index in [1.165, 1.54) is 13.2 Å². The second kappa shape index (κ2) is 8.61. The van der Waals surface area contributed by atoms with Crippen LogP contribution < -0.4 is 24.3 Å². The van der Waals surface area contributed by atoms with E-state index in [-0.39, 0.29) is 12.3 Å². The van der Waals surface area contributed by atoms with E-state index in [0.29, 0.717) is 34.2 Å². The fourth-order valence-electron chi connectivity index (χ4n) is 4.90. The van der Waals surface area contributed by atoms with E-state index >= 15 is 0 Å². The van der Waals surface area contributed by atoms with E-state index in [4.69, 9.17) is 18.9 Å². The maximum Gasteiger partial charge on any atom is 0.225 e. The van der Waals surface area contributed by atoms with Gasteiger partial charge in [0.15, 0.2) is 34.6 Å². The van der Waals surface area contributed by atoms with Crippen LogP contribution in [0.2, 0.25) is 0 Å². The number of hydrogen-bond donors (Lipinski definition) is 1. The zero-order chi connectivity index (χ0) is 24.9.